The van der Waals surface area contributed by atoms with Crippen LogP contribution >= 0.6 is 0 Å². The molecule has 0 atom stereocenters. The number of hydrogen-bond donors (Lipinski definition) is 1. The summed E-state index contributed by atoms with van der Waals surface area (Å²) in [6, 6.07) is 7.18. The molecule has 0 saturated carbocycles. The fraction of sp³-hybridized carbons (Fsp3) is 0.364. The molecule has 0 unspecified atom stereocenters. The van der Waals surface area contributed by atoms with Crippen LogP contribution in [0.15, 0.2) is 18.2 Å². The normalized spacial score (nSPS) is 9.40. The molecule has 1 rings (SSSR count). The number of aliphatic hydroxyl groups is 1. The van der Waals surface area contributed by atoms with E-state index in [9.17, 15) is 0 Å². The van der Waals surface area contributed by atoms with Crippen LogP contribution in [-0.4, -0.2) is 18.8 Å². The lowest BCUT2D eigenvalue weighted by molar-refractivity contribution is 0.278. The van der Waals surface area contributed by atoms with Gasteiger partial charge in [-0.1, -0.05) is 6.07 Å². The maximum atomic E-state index is 8.92. The first-order valence-electron chi connectivity index (χ1n) is 4.59. The third-order valence-corrected chi connectivity index (χ3v) is 1.88. The molecular weight excluding hydrogens is 194 g/mol. The van der Waals surface area contributed by atoms with Crippen LogP contribution in [0.3, 0.4) is 0 Å². The van der Waals surface area contributed by atoms with Crippen LogP contribution in [-0.2, 0) is 6.61 Å². The van der Waals surface area contributed by atoms with Gasteiger partial charge in [-0.3, -0.25) is 0 Å². The molecular formula is C11H13NO3. The Morgan fingerprint density at radius 1 is 1.40 bits per heavy atom. The number of benzene rings is 1. The number of hydrogen-bond acceptors (Lipinski definition) is 4. The molecule has 0 bridgehead atoms. The van der Waals surface area contributed by atoms with E-state index in [1.807, 2.05) is 6.07 Å². The number of ether oxygens (including phenoxy) is 2. The van der Waals surface area contributed by atoms with E-state index in [2.05, 4.69) is 0 Å². The molecule has 1 aromatic carbocycles. The molecule has 0 radical (unpaired) electrons. The van der Waals surface area contributed by atoms with Gasteiger partial charge in [-0.15, -0.1) is 0 Å². The Bertz CT molecular complexity index is 357. The first-order valence-corrected chi connectivity index (χ1v) is 4.59. The van der Waals surface area contributed by atoms with Crippen LogP contribution in [0.1, 0.15) is 12.0 Å². The van der Waals surface area contributed by atoms with Gasteiger partial charge in [-0.05, 0) is 17.7 Å². The Kier molecular flexibility index (Phi) is 4.45. The number of aliphatic hydroxyl groups excluding tert-OH is 1. The third-order valence-electron chi connectivity index (χ3n) is 1.88. The highest BCUT2D eigenvalue weighted by atomic mass is 16.5. The maximum Gasteiger partial charge on any atom is 0.161 e. The Labute approximate surface area is 88.7 Å². The molecule has 0 aromatic heterocycles. The molecule has 4 heteroatoms. The summed E-state index contributed by atoms with van der Waals surface area (Å²) in [6.07, 6.45) is 0.338. The Hall–Kier alpha value is -1.73. The van der Waals surface area contributed by atoms with Crippen molar-refractivity contribution < 1.29 is 14.6 Å². The summed E-state index contributed by atoms with van der Waals surface area (Å²) in [5, 5.41) is 17.3. The minimum absolute atomic E-state index is 0.0329. The second kappa shape index (κ2) is 5.89. The van der Waals surface area contributed by atoms with Crippen molar-refractivity contribution in [3.05, 3.63) is 23.8 Å². The van der Waals surface area contributed by atoms with E-state index < -0.39 is 0 Å². The largest absolute Gasteiger partial charge is 0.493 e. The van der Waals surface area contributed by atoms with Crippen molar-refractivity contribution in [1.29, 1.82) is 5.26 Å². The summed E-state index contributed by atoms with van der Waals surface area (Å²) in [5.74, 6) is 1.16. The lowest BCUT2D eigenvalue weighted by Crippen LogP contribution is -1.99. The van der Waals surface area contributed by atoms with Gasteiger partial charge in [0.05, 0.1) is 26.2 Å². The summed E-state index contributed by atoms with van der Waals surface area (Å²) in [5.41, 5.74) is 0.763. The van der Waals surface area contributed by atoms with Crippen LogP contribution in [0.25, 0.3) is 0 Å². The minimum Gasteiger partial charge on any atom is -0.493 e. The van der Waals surface area contributed by atoms with Gasteiger partial charge in [0.1, 0.15) is 6.61 Å². The highest BCUT2D eigenvalue weighted by Gasteiger charge is 2.04. The quantitative estimate of drug-likeness (QED) is 0.743. The second-order valence-corrected chi connectivity index (χ2v) is 2.90. The van der Waals surface area contributed by atoms with Gasteiger partial charge in [0, 0.05) is 0 Å². The molecule has 0 heterocycles. The van der Waals surface area contributed by atoms with E-state index in [1.54, 1.807) is 18.2 Å². The lowest BCUT2D eigenvalue weighted by Gasteiger charge is -2.10. The van der Waals surface area contributed by atoms with Crippen LogP contribution in [0, 0.1) is 11.3 Å². The number of nitriles is 1. The van der Waals surface area contributed by atoms with Gasteiger partial charge in [0.2, 0.25) is 0 Å². The van der Waals surface area contributed by atoms with Crippen molar-refractivity contribution in [3.8, 4) is 17.6 Å². The molecule has 0 spiro atoms. The average molecular weight is 207 g/mol. The Balaban J connectivity index is 2.74. The number of rotatable bonds is 5. The minimum atomic E-state index is -0.0329. The van der Waals surface area contributed by atoms with Gasteiger partial charge in [0.25, 0.3) is 0 Å². The van der Waals surface area contributed by atoms with Gasteiger partial charge >= 0.3 is 0 Å². The molecule has 1 N–H and O–H groups in total. The SMILES string of the molecule is COc1cc(CO)ccc1OCCC#N. The predicted molar refractivity (Wildman–Crippen MR) is 54.6 cm³/mol. The maximum absolute atomic E-state index is 8.92. The average Bonchev–Trinajstić information content (AvgIpc) is 2.29. The summed E-state index contributed by atoms with van der Waals surface area (Å²) >= 11 is 0. The monoisotopic (exact) mass is 207 g/mol. The van der Waals surface area contributed by atoms with E-state index in [-0.39, 0.29) is 6.61 Å². The van der Waals surface area contributed by atoms with Crippen LogP contribution in [0.5, 0.6) is 11.5 Å². The Morgan fingerprint density at radius 2 is 2.20 bits per heavy atom. The molecule has 0 aliphatic heterocycles. The standard InChI is InChI=1S/C11H13NO3/c1-14-11-7-9(8-13)3-4-10(11)15-6-2-5-12/h3-4,7,13H,2,6,8H2,1H3. The van der Waals surface area contributed by atoms with E-state index in [0.29, 0.717) is 24.5 Å². The van der Waals surface area contributed by atoms with Gasteiger partial charge < -0.3 is 14.6 Å². The summed E-state index contributed by atoms with van der Waals surface area (Å²) < 4.78 is 10.4. The van der Waals surface area contributed by atoms with Crippen molar-refractivity contribution in [2.45, 2.75) is 13.0 Å². The summed E-state index contributed by atoms with van der Waals surface area (Å²) in [6.45, 7) is 0.306. The summed E-state index contributed by atoms with van der Waals surface area (Å²) in [4.78, 5) is 0. The van der Waals surface area contributed by atoms with E-state index in [1.165, 1.54) is 7.11 Å². The van der Waals surface area contributed by atoms with Gasteiger partial charge in [-0.2, -0.15) is 5.26 Å². The fourth-order valence-corrected chi connectivity index (χ4v) is 1.14. The highest BCUT2D eigenvalue weighted by Crippen LogP contribution is 2.28. The van der Waals surface area contributed by atoms with Crippen molar-refractivity contribution in [3.63, 3.8) is 0 Å². The van der Waals surface area contributed by atoms with Gasteiger partial charge in [0.15, 0.2) is 11.5 Å². The Morgan fingerprint density at radius 3 is 2.80 bits per heavy atom. The van der Waals surface area contributed by atoms with Crippen LogP contribution in [0.4, 0.5) is 0 Å². The lowest BCUT2D eigenvalue weighted by atomic mass is 10.2. The first kappa shape index (κ1) is 11.3. The molecule has 1 aromatic rings. The molecule has 0 aliphatic rings. The zero-order valence-electron chi connectivity index (χ0n) is 8.56. The summed E-state index contributed by atoms with van der Waals surface area (Å²) in [7, 11) is 1.54. The zero-order chi connectivity index (χ0) is 11.1. The molecule has 0 saturated heterocycles. The van der Waals surface area contributed by atoms with E-state index in [4.69, 9.17) is 19.8 Å². The van der Waals surface area contributed by atoms with Crippen molar-refractivity contribution in [1.82, 2.24) is 0 Å². The van der Waals surface area contributed by atoms with Crippen molar-refractivity contribution in [2.24, 2.45) is 0 Å². The van der Waals surface area contributed by atoms with Crippen LogP contribution in [0.2, 0.25) is 0 Å². The van der Waals surface area contributed by atoms with Crippen molar-refractivity contribution >= 4 is 0 Å². The molecule has 80 valence electrons. The molecule has 4 nitrogen and oxygen atoms in total. The van der Waals surface area contributed by atoms with E-state index >= 15 is 0 Å². The van der Waals surface area contributed by atoms with Crippen molar-refractivity contribution in [2.75, 3.05) is 13.7 Å². The molecule has 0 fully saturated rings. The third kappa shape index (κ3) is 3.15. The molecule has 0 amide bonds. The fourth-order valence-electron chi connectivity index (χ4n) is 1.14. The number of nitrogens with zero attached hydrogens (tertiary/aromatic N) is 1. The predicted octanol–water partition coefficient (Wildman–Crippen LogP) is 1.48. The topological polar surface area (TPSA) is 62.5 Å². The zero-order valence-corrected chi connectivity index (χ0v) is 8.56. The molecule has 0 aliphatic carbocycles. The first-order chi connectivity index (χ1) is 7.31. The highest BCUT2D eigenvalue weighted by molar-refractivity contribution is 5.42. The van der Waals surface area contributed by atoms with E-state index in [0.717, 1.165) is 5.56 Å². The second-order valence-electron chi connectivity index (χ2n) is 2.90. The smallest absolute Gasteiger partial charge is 0.161 e. The van der Waals surface area contributed by atoms with Crippen LogP contribution < -0.4 is 9.47 Å². The molecule has 15 heavy (non-hydrogen) atoms. The number of methoxy groups -OCH3 is 1. The van der Waals surface area contributed by atoms with Gasteiger partial charge in [-0.25, -0.2) is 0 Å².